The van der Waals surface area contributed by atoms with Gasteiger partial charge >= 0.3 is 0 Å². The Kier molecular flexibility index (Phi) is 9.17. The first-order valence-corrected chi connectivity index (χ1v) is 3.09. The summed E-state index contributed by atoms with van der Waals surface area (Å²) in [6.45, 7) is 0. The zero-order chi connectivity index (χ0) is 5.86. The standard InChI is InChI=1S/C2H2Cl4O.H2O/c3-1(4)7-2(5)6;/h1-2H;1H2. The molecular formula is C2H4Cl4O2. The number of ether oxygens (including phenoxy) is 1. The van der Waals surface area contributed by atoms with Gasteiger partial charge in [-0.1, -0.05) is 46.4 Å². The highest BCUT2D eigenvalue weighted by Crippen LogP contribution is 2.12. The molecule has 0 spiro atoms. The number of halogens is 4. The lowest BCUT2D eigenvalue weighted by atomic mass is 11.5. The Morgan fingerprint density at radius 1 is 0.875 bits per heavy atom. The van der Waals surface area contributed by atoms with Crippen LogP contribution in [0.4, 0.5) is 0 Å². The van der Waals surface area contributed by atoms with Crippen LogP contribution in [0.15, 0.2) is 0 Å². The Balaban J connectivity index is 0. The Morgan fingerprint density at radius 2 is 1.12 bits per heavy atom. The molecule has 0 unspecified atom stereocenters. The lowest BCUT2D eigenvalue weighted by Gasteiger charge is -2.01. The van der Waals surface area contributed by atoms with Crippen molar-refractivity contribution in [2.75, 3.05) is 0 Å². The van der Waals surface area contributed by atoms with Gasteiger partial charge in [-0.15, -0.1) is 0 Å². The van der Waals surface area contributed by atoms with E-state index in [-0.39, 0.29) is 5.48 Å². The van der Waals surface area contributed by atoms with Crippen molar-refractivity contribution in [1.82, 2.24) is 0 Å². The Labute approximate surface area is 66.9 Å². The topological polar surface area (TPSA) is 40.7 Å². The van der Waals surface area contributed by atoms with Gasteiger partial charge < -0.3 is 10.2 Å². The van der Waals surface area contributed by atoms with Crippen molar-refractivity contribution in [2.45, 2.75) is 10.0 Å². The molecule has 0 aromatic rings. The summed E-state index contributed by atoms with van der Waals surface area (Å²) < 4.78 is 4.31. The second-order valence-electron chi connectivity index (χ2n) is 0.657. The molecule has 0 fully saturated rings. The van der Waals surface area contributed by atoms with Crippen molar-refractivity contribution < 1.29 is 10.2 Å². The Bertz CT molecular complexity index is 41.3. The molecule has 6 heteroatoms. The number of hydrogen-bond acceptors (Lipinski definition) is 1. The highest BCUT2D eigenvalue weighted by Gasteiger charge is 2.02. The maximum atomic E-state index is 5.05. The molecular weight excluding hydrogens is 198 g/mol. The number of hydrogen-bond donors (Lipinski definition) is 0. The van der Waals surface area contributed by atoms with E-state index in [2.05, 4.69) is 4.74 Å². The van der Waals surface area contributed by atoms with E-state index in [1.165, 1.54) is 0 Å². The largest absolute Gasteiger partial charge is 0.412 e. The van der Waals surface area contributed by atoms with Crippen molar-refractivity contribution in [3.63, 3.8) is 0 Å². The molecule has 0 aromatic heterocycles. The molecule has 2 nitrogen and oxygen atoms in total. The van der Waals surface area contributed by atoms with Crippen molar-refractivity contribution in [1.29, 1.82) is 0 Å². The summed E-state index contributed by atoms with van der Waals surface area (Å²) >= 11 is 20.2. The van der Waals surface area contributed by atoms with Gasteiger partial charge in [-0.25, -0.2) is 0 Å². The molecule has 0 heterocycles. The maximum absolute atomic E-state index is 5.05. The van der Waals surface area contributed by atoms with Crippen LogP contribution in [0.25, 0.3) is 0 Å². The van der Waals surface area contributed by atoms with Gasteiger partial charge in [-0.05, 0) is 0 Å². The van der Waals surface area contributed by atoms with E-state index < -0.39 is 10.0 Å². The molecule has 0 aliphatic heterocycles. The second-order valence-corrected chi connectivity index (χ2v) is 2.69. The van der Waals surface area contributed by atoms with E-state index in [9.17, 15) is 0 Å². The molecule has 52 valence electrons. The van der Waals surface area contributed by atoms with E-state index in [1.807, 2.05) is 0 Å². The van der Waals surface area contributed by atoms with Gasteiger partial charge in [-0.2, -0.15) is 0 Å². The average molecular weight is 202 g/mol. The van der Waals surface area contributed by atoms with E-state index in [0.29, 0.717) is 0 Å². The summed E-state index contributed by atoms with van der Waals surface area (Å²) in [5.41, 5.74) is 0. The summed E-state index contributed by atoms with van der Waals surface area (Å²) in [5, 5.41) is -1.89. The lowest BCUT2D eigenvalue weighted by molar-refractivity contribution is 0.177. The van der Waals surface area contributed by atoms with Crippen LogP contribution >= 0.6 is 46.4 Å². The molecule has 2 N–H and O–H groups in total. The molecule has 0 aliphatic rings. The third kappa shape index (κ3) is 10.1. The van der Waals surface area contributed by atoms with Crippen molar-refractivity contribution in [3.05, 3.63) is 0 Å². The van der Waals surface area contributed by atoms with Crippen LogP contribution in [0.3, 0.4) is 0 Å². The highest BCUT2D eigenvalue weighted by molar-refractivity contribution is 6.45. The van der Waals surface area contributed by atoms with Crippen LogP contribution in [0.5, 0.6) is 0 Å². The molecule has 0 saturated heterocycles. The third-order valence-corrected chi connectivity index (χ3v) is 0.617. The van der Waals surface area contributed by atoms with Crippen molar-refractivity contribution >= 4 is 46.4 Å². The highest BCUT2D eigenvalue weighted by atomic mass is 35.5. The Morgan fingerprint density at radius 3 is 1.12 bits per heavy atom. The predicted octanol–water partition coefficient (Wildman–Crippen LogP) is 1.70. The van der Waals surface area contributed by atoms with Gasteiger partial charge in [0.05, 0.1) is 0 Å². The fraction of sp³-hybridized carbons (Fsp3) is 1.00. The van der Waals surface area contributed by atoms with E-state index >= 15 is 0 Å². The summed E-state index contributed by atoms with van der Waals surface area (Å²) in [6, 6.07) is 0. The fourth-order valence-corrected chi connectivity index (χ4v) is 0.700. The second kappa shape index (κ2) is 6.20. The van der Waals surface area contributed by atoms with Crippen LogP contribution in [0.1, 0.15) is 0 Å². The molecule has 8 heavy (non-hydrogen) atoms. The molecule has 0 bridgehead atoms. The van der Waals surface area contributed by atoms with Crippen LogP contribution in [-0.4, -0.2) is 15.5 Å². The van der Waals surface area contributed by atoms with E-state index in [0.717, 1.165) is 0 Å². The minimum atomic E-state index is -0.944. The average Bonchev–Trinajstić information content (AvgIpc) is 1.27. The predicted molar refractivity (Wildman–Crippen MR) is 35.7 cm³/mol. The summed E-state index contributed by atoms with van der Waals surface area (Å²) in [4.78, 5) is 0. The van der Waals surface area contributed by atoms with Crippen molar-refractivity contribution in [3.8, 4) is 0 Å². The van der Waals surface area contributed by atoms with Gasteiger partial charge in [0.2, 0.25) is 10.0 Å². The Hall–Kier alpha value is 1.08. The van der Waals surface area contributed by atoms with Crippen LogP contribution in [-0.2, 0) is 4.74 Å². The normalized spacial score (nSPS) is 9.75. The fourth-order valence-electron chi connectivity index (χ4n) is 0.0778. The quantitative estimate of drug-likeness (QED) is 0.628. The number of rotatable bonds is 2. The first-order chi connectivity index (χ1) is 3.13. The molecule has 0 aromatic carbocycles. The molecule has 0 amide bonds. The zero-order valence-electron chi connectivity index (χ0n) is 3.57. The third-order valence-electron chi connectivity index (χ3n) is 0.206. The van der Waals surface area contributed by atoms with Crippen LogP contribution < -0.4 is 0 Å². The van der Waals surface area contributed by atoms with Crippen LogP contribution in [0.2, 0.25) is 0 Å². The monoisotopic (exact) mass is 200 g/mol. The first kappa shape index (κ1) is 11.8. The van der Waals surface area contributed by atoms with Gasteiger partial charge in [0.1, 0.15) is 0 Å². The van der Waals surface area contributed by atoms with E-state index in [1.54, 1.807) is 0 Å². The first-order valence-electron chi connectivity index (χ1n) is 1.34. The molecule has 0 radical (unpaired) electrons. The lowest BCUT2D eigenvalue weighted by Crippen LogP contribution is -1.99. The van der Waals surface area contributed by atoms with Gasteiger partial charge in [0.15, 0.2) is 0 Å². The zero-order valence-corrected chi connectivity index (χ0v) is 6.60. The maximum Gasteiger partial charge on any atom is 0.209 e. The van der Waals surface area contributed by atoms with Gasteiger partial charge in [0.25, 0.3) is 0 Å². The van der Waals surface area contributed by atoms with Gasteiger partial charge in [0, 0.05) is 0 Å². The SMILES string of the molecule is ClC(Cl)OC(Cl)Cl.O. The van der Waals surface area contributed by atoms with Crippen LogP contribution in [0, 0.1) is 0 Å². The summed E-state index contributed by atoms with van der Waals surface area (Å²) in [7, 11) is 0. The molecule has 0 atom stereocenters. The molecule has 0 saturated carbocycles. The minimum absolute atomic E-state index is 0. The van der Waals surface area contributed by atoms with E-state index in [4.69, 9.17) is 46.4 Å². The van der Waals surface area contributed by atoms with Crippen molar-refractivity contribution in [2.24, 2.45) is 0 Å². The number of alkyl halides is 4. The smallest absolute Gasteiger partial charge is 0.209 e. The van der Waals surface area contributed by atoms with Gasteiger partial charge in [-0.3, -0.25) is 0 Å². The summed E-state index contributed by atoms with van der Waals surface area (Å²) in [5.74, 6) is 0. The summed E-state index contributed by atoms with van der Waals surface area (Å²) in [6.07, 6.45) is 0. The minimum Gasteiger partial charge on any atom is -0.412 e. The molecule has 0 rings (SSSR count). The molecule has 0 aliphatic carbocycles.